The number of rotatable bonds is 7. The number of hydrogen-bond acceptors (Lipinski definition) is 4. The van der Waals surface area contributed by atoms with Crippen LogP contribution in [0.1, 0.15) is 60.5 Å². The van der Waals surface area contributed by atoms with Crippen molar-refractivity contribution < 1.29 is 14.3 Å². The molecule has 25 heavy (non-hydrogen) atoms. The van der Waals surface area contributed by atoms with Gasteiger partial charge >= 0.3 is 0 Å². The molecule has 0 bridgehead atoms. The summed E-state index contributed by atoms with van der Waals surface area (Å²) < 4.78 is 13.1. The van der Waals surface area contributed by atoms with Gasteiger partial charge in [0.05, 0.1) is 11.3 Å². The van der Waals surface area contributed by atoms with E-state index in [-0.39, 0.29) is 0 Å². The molecule has 1 rings (SSSR count). The second kappa shape index (κ2) is 8.59. The number of aryl methyl sites for hydroxylation is 1. The average Bonchev–Trinajstić information content (AvgIpc) is 2.51. The second-order valence-corrected chi connectivity index (χ2v) is 7.13. The third-order valence-corrected chi connectivity index (χ3v) is 4.37. The van der Waals surface area contributed by atoms with Crippen molar-refractivity contribution in [3.05, 3.63) is 28.1 Å². The number of anilines is 1. The van der Waals surface area contributed by atoms with E-state index < -0.39 is 17.2 Å². The van der Waals surface area contributed by atoms with Crippen LogP contribution in [0.25, 0.3) is 12.3 Å². The highest BCUT2D eigenvalue weighted by molar-refractivity contribution is 5.74. The number of aliphatic hydroxyl groups is 1. The molecule has 0 saturated carbocycles. The molecule has 140 valence electrons. The lowest BCUT2D eigenvalue weighted by Gasteiger charge is -2.36. The quantitative estimate of drug-likeness (QED) is 0.585. The Morgan fingerprint density at radius 1 is 1.28 bits per heavy atom. The topological polar surface area (TPSA) is 53.8 Å². The Hall–Kier alpha value is -1.72. The van der Waals surface area contributed by atoms with Crippen LogP contribution in [0.4, 0.5) is 10.1 Å². The minimum atomic E-state index is -1.02. The van der Waals surface area contributed by atoms with Crippen LogP contribution < -0.4 is 15.9 Å². The van der Waals surface area contributed by atoms with E-state index in [2.05, 4.69) is 30.4 Å². The van der Waals surface area contributed by atoms with Gasteiger partial charge in [0.15, 0.2) is 5.97 Å². The lowest BCUT2D eigenvalue weighted by Crippen LogP contribution is -2.48. The molecule has 1 aromatic carbocycles. The van der Waals surface area contributed by atoms with E-state index in [1.54, 1.807) is 13.8 Å². The number of nitrogens with one attached hydrogen (secondary N) is 1. The van der Waals surface area contributed by atoms with Crippen LogP contribution in [-0.4, -0.2) is 22.3 Å². The van der Waals surface area contributed by atoms with E-state index in [1.165, 1.54) is 13.1 Å². The minimum absolute atomic E-state index is 0.488. The Bertz CT molecular complexity index is 727. The van der Waals surface area contributed by atoms with Gasteiger partial charge < -0.3 is 5.11 Å². The maximum Gasteiger partial charge on any atom is 0.185 e. The van der Waals surface area contributed by atoms with Gasteiger partial charge in [-0.1, -0.05) is 19.9 Å². The smallest absolute Gasteiger partial charge is 0.185 e. The van der Waals surface area contributed by atoms with Crippen molar-refractivity contribution in [2.75, 3.05) is 5.48 Å². The van der Waals surface area contributed by atoms with Crippen LogP contribution in [0.5, 0.6) is 0 Å². The third kappa shape index (κ3) is 5.94. The van der Waals surface area contributed by atoms with Crippen molar-refractivity contribution in [1.29, 1.82) is 0 Å². The molecule has 0 fully saturated rings. The Kier molecular flexibility index (Phi) is 7.32. The minimum Gasteiger partial charge on any atom is -0.387 e. The molecule has 0 unspecified atom stereocenters. The van der Waals surface area contributed by atoms with E-state index in [0.29, 0.717) is 0 Å². The molecule has 0 amide bonds. The molecule has 0 heterocycles. The molecular weight excluding hydrogens is 319 g/mol. The first-order valence-corrected chi connectivity index (χ1v) is 8.71. The normalized spacial score (nSPS) is 15.0. The van der Waals surface area contributed by atoms with Gasteiger partial charge in [-0.05, 0) is 63.5 Å². The van der Waals surface area contributed by atoms with Gasteiger partial charge in [0.25, 0.3) is 0 Å². The van der Waals surface area contributed by atoms with Gasteiger partial charge in [-0.3, -0.25) is 10.3 Å². The fraction of sp³-hybridized carbons (Fsp3) is 0.550. The zero-order valence-corrected chi connectivity index (χ0v) is 16.4. The fourth-order valence-electron chi connectivity index (χ4n) is 2.12. The number of hydrogen-bond donors (Lipinski definition) is 2. The monoisotopic (exact) mass is 350 g/mol. The second-order valence-electron chi connectivity index (χ2n) is 7.13. The van der Waals surface area contributed by atoms with Crippen LogP contribution >= 0.6 is 0 Å². The van der Waals surface area contributed by atoms with Crippen molar-refractivity contribution in [3.63, 3.8) is 0 Å². The fourth-order valence-corrected chi connectivity index (χ4v) is 2.12. The molecule has 0 aromatic heterocycles. The molecule has 0 aliphatic rings. The van der Waals surface area contributed by atoms with Crippen LogP contribution in [-0.2, 0) is 11.3 Å². The third-order valence-electron chi connectivity index (χ3n) is 4.37. The van der Waals surface area contributed by atoms with Crippen molar-refractivity contribution >= 4 is 23.9 Å². The highest BCUT2D eigenvalue weighted by Crippen LogP contribution is 2.25. The first kappa shape index (κ1) is 21.3. The Balaban J connectivity index is 3.36. The van der Waals surface area contributed by atoms with Crippen LogP contribution in [0.15, 0.2) is 17.1 Å². The van der Waals surface area contributed by atoms with Gasteiger partial charge in [0.1, 0.15) is 5.60 Å². The molecule has 2 N–H and O–H groups in total. The van der Waals surface area contributed by atoms with Crippen LogP contribution in [0.2, 0.25) is 0 Å². The van der Waals surface area contributed by atoms with Crippen molar-refractivity contribution in [2.45, 2.75) is 72.5 Å². The van der Waals surface area contributed by atoms with Crippen LogP contribution in [0, 0.1) is 0 Å². The molecule has 0 atom stereocenters. The van der Waals surface area contributed by atoms with Crippen molar-refractivity contribution in [3.8, 4) is 0 Å². The molecule has 5 heteroatoms. The summed E-state index contributed by atoms with van der Waals surface area (Å²) in [7, 11) is 0. The Morgan fingerprint density at radius 2 is 1.92 bits per heavy atom. The molecule has 4 nitrogen and oxygen atoms in total. The number of halogens is 1. The SMILES string of the molecule is CC/C=c1\c(CC)cc(NOC(C)(C)C(C)(C)O)c\c1=C\N=C(C)F. The number of aliphatic imine (C=N–C) groups is 1. The Morgan fingerprint density at radius 3 is 2.40 bits per heavy atom. The van der Waals surface area contributed by atoms with Gasteiger partial charge in [0, 0.05) is 18.3 Å². The standard InChI is InChI=1S/C20H31FN2O2/c1-8-10-18-15(9-2)11-17(12-16(18)13-22-14(3)21)23-25-20(6,7)19(4,5)24/h10-13,23-24H,8-9H2,1-7H3/b16-13-,18-10+,22-14?. The molecule has 0 saturated heterocycles. The predicted octanol–water partition coefficient (Wildman–Crippen LogP) is 3.46. The molecule has 0 aliphatic carbocycles. The summed E-state index contributed by atoms with van der Waals surface area (Å²) in [5, 5.41) is 12.1. The van der Waals surface area contributed by atoms with Gasteiger partial charge in [0.2, 0.25) is 0 Å². The summed E-state index contributed by atoms with van der Waals surface area (Å²) in [5.74, 6) is -0.488. The average molecular weight is 350 g/mol. The van der Waals surface area contributed by atoms with E-state index in [0.717, 1.165) is 34.5 Å². The zero-order valence-electron chi connectivity index (χ0n) is 16.4. The largest absolute Gasteiger partial charge is 0.387 e. The van der Waals surface area contributed by atoms with E-state index >= 15 is 0 Å². The first-order valence-electron chi connectivity index (χ1n) is 8.71. The first-order chi connectivity index (χ1) is 11.5. The molecule has 0 spiro atoms. The summed E-state index contributed by atoms with van der Waals surface area (Å²) >= 11 is 0. The van der Waals surface area contributed by atoms with Gasteiger partial charge in [-0.25, -0.2) is 4.99 Å². The summed E-state index contributed by atoms with van der Waals surface area (Å²) in [4.78, 5) is 9.52. The lowest BCUT2D eigenvalue weighted by atomic mass is 9.90. The zero-order chi connectivity index (χ0) is 19.3. The summed E-state index contributed by atoms with van der Waals surface area (Å²) in [5.41, 5.74) is 2.96. The lowest BCUT2D eigenvalue weighted by molar-refractivity contribution is -0.130. The van der Waals surface area contributed by atoms with E-state index in [4.69, 9.17) is 4.84 Å². The Labute approximate surface area is 150 Å². The van der Waals surface area contributed by atoms with E-state index in [1.807, 2.05) is 26.0 Å². The summed E-state index contributed by atoms with van der Waals surface area (Å²) in [6, 6.07) is 3.87. The highest BCUT2D eigenvalue weighted by atomic mass is 19.1. The van der Waals surface area contributed by atoms with E-state index in [9.17, 15) is 9.50 Å². The molecule has 0 radical (unpaired) electrons. The number of benzene rings is 1. The maximum absolute atomic E-state index is 13.1. The van der Waals surface area contributed by atoms with Crippen molar-refractivity contribution in [1.82, 2.24) is 0 Å². The summed E-state index contributed by atoms with van der Waals surface area (Å²) in [6.45, 7) is 12.5. The van der Waals surface area contributed by atoms with Crippen LogP contribution in [0.3, 0.4) is 0 Å². The van der Waals surface area contributed by atoms with Gasteiger partial charge in [-0.2, -0.15) is 4.39 Å². The van der Waals surface area contributed by atoms with Crippen molar-refractivity contribution in [2.24, 2.45) is 4.99 Å². The number of nitrogens with zero attached hydrogens (tertiary/aromatic N) is 1. The molecule has 1 aromatic rings. The maximum atomic E-state index is 13.1. The predicted molar refractivity (Wildman–Crippen MR) is 104 cm³/mol. The molecular formula is C20H31FN2O2. The summed E-state index contributed by atoms with van der Waals surface area (Å²) in [6.07, 6.45) is 5.35. The molecule has 0 aliphatic heterocycles. The highest BCUT2D eigenvalue weighted by Gasteiger charge is 2.37. The van der Waals surface area contributed by atoms with Gasteiger partial charge in [-0.15, -0.1) is 0 Å².